The summed E-state index contributed by atoms with van der Waals surface area (Å²) in [6, 6.07) is 17.4. The van der Waals surface area contributed by atoms with Crippen LogP contribution in [-0.4, -0.2) is 33.0 Å². The van der Waals surface area contributed by atoms with E-state index in [4.69, 9.17) is 4.74 Å². The molecule has 0 saturated carbocycles. The zero-order valence-corrected chi connectivity index (χ0v) is 17.7. The van der Waals surface area contributed by atoms with Crippen molar-refractivity contribution in [1.29, 1.82) is 0 Å². The van der Waals surface area contributed by atoms with Crippen molar-refractivity contribution >= 4 is 17.2 Å². The maximum Gasteiger partial charge on any atom is 0.263 e. The number of carbonyl (C=O) groups excluding carboxylic acids is 1. The number of hydrogen-bond acceptors (Lipinski definition) is 6. The van der Waals surface area contributed by atoms with Crippen molar-refractivity contribution in [3.63, 3.8) is 0 Å². The van der Waals surface area contributed by atoms with Crippen LogP contribution in [-0.2, 0) is 6.54 Å². The summed E-state index contributed by atoms with van der Waals surface area (Å²) in [5.74, 6) is 0.599. The second-order valence-corrected chi connectivity index (χ2v) is 7.74. The van der Waals surface area contributed by atoms with Crippen LogP contribution in [0, 0.1) is 13.8 Å². The van der Waals surface area contributed by atoms with Crippen molar-refractivity contribution in [3.8, 4) is 22.1 Å². The van der Waals surface area contributed by atoms with E-state index in [0.29, 0.717) is 27.8 Å². The topological polar surface area (TPSA) is 81.9 Å². The molecule has 1 N–H and O–H groups in total. The monoisotopic (exact) mass is 419 g/mol. The fraction of sp³-hybridized carbons (Fsp3) is 0.182. The van der Waals surface area contributed by atoms with Gasteiger partial charge in [0.15, 0.2) is 0 Å². The van der Waals surface area contributed by atoms with Crippen LogP contribution in [0.5, 0.6) is 5.75 Å². The third-order valence-electron chi connectivity index (χ3n) is 4.69. The van der Waals surface area contributed by atoms with E-state index in [0.717, 1.165) is 22.7 Å². The summed E-state index contributed by atoms with van der Waals surface area (Å²) in [5.41, 5.74) is 4.12. The lowest BCUT2D eigenvalue weighted by Gasteiger charge is -2.06. The lowest BCUT2D eigenvalue weighted by Crippen LogP contribution is -2.22. The van der Waals surface area contributed by atoms with Crippen LogP contribution in [0.3, 0.4) is 0 Å². The number of para-hydroxylation sites is 1. The van der Waals surface area contributed by atoms with Crippen LogP contribution in [0.1, 0.15) is 26.6 Å². The molecule has 4 aromatic rings. The largest absolute Gasteiger partial charge is 0.497 e. The molecule has 2 heterocycles. The predicted octanol–water partition coefficient (Wildman–Crippen LogP) is 3.95. The minimum absolute atomic E-state index is 0.160. The van der Waals surface area contributed by atoms with Gasteiger partial charge in [-0.3, -0.25) is 4.79 Å². The number of rotatable bonds is 6. The number of aromatic nitrogens is 4. The zero-order chi connectivity index (χ0) is 21.1. The predicted molar refractivity (Wildman–Crippen MR) is 116 cm³/mol. The van der Waals surface area contributed by atoms with E-state index in [1.807, 2.05) is 68.4 Å². The molecule has 0 aliphatic carbocycles. The second kappa shape index (κ2) is 8.46. The van der Waals surface area contributed by atoms with E-state index < -0.39 is 0 Å². The standard InChI is InChI=1S/C22H21N5O2S/c1-14-20(21(28)23-13-16-8-7-11-18(12-16)29-3)30-22(24-14)19-15(2)27(26-25-19)17-9-5-4-6-10-17/h4-12H,13H2,1-3H3,(H,23,28). The van der Waals surface area contributed by atoms with Gasteiger partial charge in [0.25, 0.3) is 5.91 Å². The Kier molecular flexibility index (Phi) is 5.58. The maximum absolute atomic E-state index is 12.7. The molecule has 0 saturated heterocycles. The molecular weight excluding hydrogens is 398 g/mol. The Balaban J connectivity index is 1.53. The van der Waals surface area contributed by atoms with Gasteiger partial charge in [-0.15, -0.1) is 16.4 Å². The molecule has 0 spiro atoms. The average Bonchev–Trinajstić information content (AvgIpc) is 3.35. The molecule has 0 atom stereocenters. The first-order valence-electron chi connectivity index (χ1n) is 9.43. The minimum Gasteiger partial charge on any atom is -0.497 e. The second-order valence-electron chi connectivity index (χ2n) is 6.74. The van der Waals surface area contributed by atoms with E-state index in [-0.39, 0.29) is 5.91 Å². The first-order chi connectivity index (χ1) is 14.6. The Morgan fingerprint density at radius 3 is 2.70 bits per heavy atom. The highest BCUT2D eigenvalue weighted by Gasteiger charge is 2.20. The summed E-state index contributed by atoms with van der Waals surface area (Å²) < 4.78 is 7.00. The molecular formula is C22H21N5O2S. The summed E-state index contributed by atoms with van der Waals surface area (Å²) in [6.45, 7) is 4.19. The Morgan fingerprint density at radius 1 is 1.13 bits per heavy atom. The van der Waals surface area contributed by atoms with E-state index in [1.54, 1.807) is 11.8 Å². The van der Waals surface area contributed by atoms with Gasteiger partial charge in [-0.2, -0.15) is 0 Å². The molecule has 0 aliphatic rings. The van der Waals surface area contributed by atoms with Gasteiger partial charge in [0.1, 0.15) is 21.3 Å². The number of nitrogens with zero attached hydrogens (tertiary/aromatic N) is 4. The molecule has 0 fully saturated rings. The minimum atomic E-state index is -0.160. The number of nitrogens with one attached hydrogen (secondary N) is 1. The van der Waals surface area contributed by atoms with Crippen LogP contribution in [0.15, 0.2) is 54.6 Å². The number of amides is 1. The Hall–Kier alpha value is -3.52. The lowest BCUT2D eigenvalue weighted by atomic mass is 10.2. The molecule has 7 nitrogen and oxygen atoms in total. The number of ether oxygens (including phenoxy) is 1. The third-order valence-corrected chi connectivity index (χ3v) is 5.85. The normalized spacial score (nSPS) is 10.8. The molecule has 0 radical (unpaired) electrons. The van der Waals surface area contributed by atoms with Gasteiger partial charge in [0, 0.05) is 6.54 Å². The van der Waals surface area contributed by atoms with E-state index in [2.05, 4.69) is 20.6 Å². The first kappa shape index (κ1) is 19.8. The van der Waals surface area contributed by atoms with Crippen molar-refractivity contribution in [1.82, 2.24) is 25.3 Å². The highest BCUT2D eigenvalue weighted by Crippen LogP contribution is 2.29. The number of carbonyl (C=O) groups is 1. The average molecular weight is 420 g/mol. The number of aryl methyl sites for hydroxylation is 1. The van der Waals surface area contributed by atoms with Crippen molar-refractivity contribution in [2.75, 3.05) is 7.11 Å². The van der Waals surface area contributed by atoms with E-state index in [9.17, 15) is 4.79 Å². The van der Waals surface area contributed by atoms with Crippen LogP contribution >= 0.6 is 11.3 Å². The van der Waals surface area contributed by atoms with Gasteiger partial charge in [0.05, 0.1) is 24.2 Å². The lowest BCUT2D eigenvalue weighted by molar-refractivity contribution is 0.0954. The summed E-state index contributed by atoms with van der Waals surface area (Å²) in [6.07, 6.45) is 0. The molecule has 8 heteroatoms. The smallest absolute Gasteiger partial charge is 0.263 e. The highest BCUT2D eigenvalue weighted by atomic mass is 32.1. The van der Waals surface area contributed by atoms with Crippen molar-refractivity contribution in [2.45, 2.75) is 20.4 Å². The molecule has 152 valence electrons. The molecule has 0 bridgehead atoms. The molecule has 1 amide bonds. The van der Waals surface area contributed by atoms with Gasteiger partial charge < -0.3 is 10.1 Å². The number of methoxy groups -OCH3 is 1. The van der Waals surface area contributed by atoms with E-state index in [1.165, 1.54) is 11.3 Å². The Labute approximate surface area is 178 Å². The summed E-state index contributed by atoms with van der Waals surface area (Å²) in [7, 11) is 1.62. The van der Waals surface area contributed by atoms with Crippen molar-refractivity contribution < 1.29 is 9.53 Å². The zero-order valence-electron chi connectivity index (χ0n) is 16.9. The third kappa shape index (κ3) is 3.95. The summed E-state index contributed by atoms with van der Waals surface area (Å²) >= 11 is 1.32. The van der Waals surface area contributed by atoms with Gasteiger partial charge >= 0.3 is 0 Å². The Bertz CT molecular complexity index is 1180. The molecule has 0 aliphatic heterocycles. The van der Waals surface area contributed by atoms with Gasteiger partial charge in [-0.1, -0.05) is 35.5 Å². The number of benzene rings is 2. The summed E-state index contributed by atoms with van der Waals surface area (Å²) in [4.78, 5) is 17.9. The first-order valence-corrected chi connectivity index (χ1v) is 10.2. The van der Waals surface area contributed by atoms with Gasteiger partial charge in [-0.25, -0.2) is 9.67 Å². The van der Waals surface area contributed by atoms with Crippen LogP contribution < -0.4 is 10.1 Å². The fourth-order valence-electron chi connectivity index (χ4n) is 3.09. The van der Waals surface area contributed by atoms with E-state index >= 15 is 0 Å². The SMILES string of the molecule is COc1cccc(CNC(=O)c2sc(-c3nnn(-c4ccccc4)c3C)nc2C)c1. The van der Waals surface area contributed by atoms with Crippen LogP contribution in [0.25, 0.3) is 16.4 Å². The Morgan fingerprint density at radius 2 is 1.93 bits per heavy atom. The molecule has 2 aromatic heterocycles. The summed E-state index contributed by atoms with van der Waals surface area (Å²) in [5, 5.41) is 12.2. The quantitative estimate of drug-likeness (QED) is 0.512. The van der Waals surface area contributed by atoms with Crippen molar-refractivity contribution in [3.05, 3.63) is 76.4 Å². The number of thiazole rings is 1. The highest BCUT2D eigenvalue weighted by molar-refractivity contribution is 7.17. The molecule has 4 rings (SSSR count). The maximum atomic E-state index is 12.7. The van der Waals surface area contributed by atoms with Crippen LogP contribution in [0.2, 0.25) is 0 Å². The van der Waals surface area contributed by atoms with Gasteiger partial charge in [-0.05, 0) is 43.7 Å². The number of hydrogen-bond donors (Lipinski definition) is 1. The molecule has 0 unspecified atom stereocenters. The molecule has 2 aromatic carbocycles. The van der Waals surface area contributed by atoms with Crippen molar-refractivity contribution in [2.24, 2.45) is 0 Å². The van der Waals surface area contributed by atoms with Gasteiger partial charge in [0.2, 0.25) is 0 Å². The molecule has 30 heavy (non-hydrogen) atoms. The fourth-order valence-corrected chi connectivity index (χ4v) is 4.11. The van der Waals surface area contributed by atoms with Crippen LogP contribution in [0.4, 0.5) is 0 Å².